The molecular weight excluding hydrogens is 757 g/mol. The van der Waals surface area contributed by atoms with Gasteiger partial charge >= 0.3 is 18.2 Å². The molecule has 0 aliphatic carbocycles. The zero-order valence-electron chi connectivity index (χ0n) is 34.4. The second-order valence-electron chi connectivity index (χ2n) is 18.2. The summed E-state index contributed by atoms with van der Waals surface area (Å²) in [7, 11) is 0. The molecule has 0 spiro atoms. The van der Waals surface area contributed by atoms with E-state index < -0.39 is 28.9 Å². The van der Waals surface area contributed by atoms with Crippen LogP contribution >= 0.6 is 0 Å². The van der Waals surface area contributed by atoms with Crippen LogP contribution in [0.15, 0.2) is 54.8 Å². The van der Waals surface area contributed by atoms with Crippen molar-refractivity contribution in [3.8, 4) is 29.6 Å². The highest BCUT2D eigenvalue weighted by molar-refractivity contribution is 6.05. The van der Waals surface area contributed by atoms with E-state index in [1.165, 1.54) is 12.3 Å². The number of piperazine rings is 1. The number of nitrogens with zero attached hydrogens (tertiary/aromatic N) is 6. The van der Waals surface area contributed by atoms with Gasteiger partial charge in [-0.25, -0.2) is 18.4 Å². The third kappa shape index (κ3) is 7.52. The molecule has 2 bridgehead atoms. The quantitative estimate of drug-likeness (QED) is 0.150. The van der Waals surface area contributed by atoms with E-state index >= 15 is 8.78 Å². The van der Waals surface area contributed by atoms with Crippen molar-refractivity contribution in [2.45, 2.75) is 96.1 Å². The van der Waals surface area contributed by atoms with Gasteiger partial charge in [0, 0.05) is 43.3 Å². The fourth-order valence-corrected chi connectivity index (χ4v) is 9.12. The highest BCUT2D eigenvalue weighted by Crippen LogP contribution is 2.44. The van der Waals surface area contributed by atoms with E-state index in [0.29, 0.717) is 42.7 Å². The Balaban J connectivity index is 1.25. The van der Waals surface area contributed by atoms with Gasteiger partial charge in [0.15, 0.2) is 11.6 Å². The van der Waals surface area contributed by atoms with E-state index in [0.717, 1.165) is 37.1 Å². The first-order valence-corrected chi connectivity index (χ1v) is 19.9. The van der Waals surface area contributed by atoms with Crippen molar-refractivity contribution in [1.82, 2.24) is 24.8 Å². The predicted octanol–water partition coefficient (Wildman–Crippen LogP) is 8.38. The molecule has 4 fully saturated rings. The summed E-state index contributed by atoms with van der Waals surface area (Å²) >= 11 is 0. The molecule has 1 N–H and O–H groups in total. The van der Waals surface area contributed by atoms with E-state index in [1.807, 2.05) is 30.6 Å². The number of carbonyl (C=O) groups is 2. The molecule has 2 aromatic heterocycles. The molecule has 2 atom stereocenters. The van der Waals surface area contributed by atoms with Crippen LogP contribution in [0.3, 0.4) is 0 Å². The Kier molecular flexibility index (Phi) is 9.81. The monoisotopic (exact) mass is 805 g/mol. The van der Waals surface area contributed by atoms with Crippen molar-refractivity contribution >= 4 is 45.4 Å². The number of terminal acetylenes is 1. The second-order valence-corrected chi connectivity index (χ2v) is 18.2. The highest BCUT2D eigenvalue weighted by Gasteiger charge is 2.49. The molecule has 0 saturated carbocycles. The van der Waals surface area contributed by atoms with Crippen molar-refractivity contribution in [2.24, 2.45) is 0 Å². The summed E-state index contributed by atoms with van der Waals surface area (Å²) < 4.78 is 52.1. The summed E-state index contributed by atoms with van der Waals surface area (Å²) in [6.07, 6.45) is 9.01. The molecule has 59 heavy (non-hydrogen) atoms. The van der Waals surface area contributed by atoms with Crippen molar-refractivity contribution in [3.63, 3.8) is 0 Å². The minimum Gasteiger partial charge on any atom is -0.461 e. The largest absolute Gasteiger partial charge is 0.461 e. The predicted molar refractivity (Wildman–Crippen MR) is 222 cm³/mol. The fourth-order valence-electron chi connectivity index (χ4n) is 9.12. The maximum absolute atomic E-state index is 17.5. The van der Waals surface area contributed by atoms with Gasteiger partial charge in [-0.2, -0.15) is 9.97 Å². The number of fused-ring (bicyclic) bond motifs is 5. The molecule has 4 aromatic rings. The number of rotatable bonds is 6. The Hall–Kier alpha value is -5.81. The van der Waals surface area contributed by atoms with Crippen LogP contribution in [0.4, 0.5) is 29.9 Å². The number of hydrogen-bond acceptors (Lipinski definition) is 10. The second kappa shape index (κ2) is 14.5. The van der Waals surface area contributed by atoms with Crippen LogP contribution in [0, 0.1) is 24.0 Å². The topological polar surface area (TPSA) is 122 Å². The Morgan fingerprint density at radius 2 is 1.64 bits per heavy atom. The van der Waals surface area contributed by atoms with Crippen LogP contribution in [-0.4, -0.2) is 98.5 Å². The van der Waals surface area contributed by atoms with Crippen LogP contribution in [-0.2, 0) is 9.47 Å². The number of benzene rings is 2. The summed E-state index contributed by atoms with van der Waals surface area (Å²) in [5.74, 6) is 1.07. The Bertz CT molecular complexity index is 2450. The van der Waals surface area contributed by atoms with Gasteiger partial charge < -0.3 is 19.1 Å². The molecule has 0 radical (unpaired) electrons. The fraction of sp³-hybridized carbons (Fsp3) is 0.444. The normalized spacial score (nSPS) is 20.3. The number of nitrogens with one attached hydrogen (secondary N) is 1. The van der Waals surface area contributed by atoms with Gasteiger partial charge in [0.1, 0.15) is 34.8 Å². The Labute approximate surface area is 342 Å². The minimum absolute atomic E-state index is 0.0650. The first-order chi connectivity index (χ1) is 27.8. The molecule has 6 heterocycles. The van der Waals surface area contributed by atoms with Gasteiger partial charge in [0.25, 0.3) is 0 Å². The van der Waals surface area contributed by atoms with Crippen molar-refractivity contribution in [2.75, 3.05) is 43.0 Å². The zero-order valence-corrected chi connectivity index (χ0v) is 34.4. The van der Waals surface area contributed by atoms with Gasteiger partial charge in [0.2, 0.25) is 0 Å². The van der Waals surface area contributed by atoms with Gasteiger partial charge in [0.05, 0.1) is 34.3 Å². The lowest BCUT2D eigenvalue weighted by atomic mass is 9.92. The Morgan fingerprint density at radius 3 is 2.27 bits per heavy atom. The maximum atomic E-state index is 17.5. The van der Waals surface area contributed by atoms with E-state index in [4.69, 9.17) is 25.6 Å². The standard InChI is InChI=1S/C45H49F2N7O5/c1-10-27-12-11-13-28-16-32(49-41(55)58-43(4,5)6)35(46)34(33(27)28)38-36(47)37-31(19-48-38)39(52-22-29-14-15-30(23-52)54(29)42(56)59-44(7,8)9)51-40(50-37)57-24-45-17-25(2)20-53(45)21-26(3)18-45/h1,11-13,16,19,29-30H,2-3,14-15,17-18,20-24H2,4-9H3,(H,49,55)/t29-,30+. The van der Waals surface area contributed by atoms with Gasteiger partial charge in [-0.05, 0) is 84.7 Å². The average Bonchev–Trinajstić information content (AvgIpc) is 3.71. The number of halogens is 2. The van der Waals surface area contributed by atoms with E-state index in [1.54, 1.807) is 39.0 Å². The Morgan fingerprint density at radius 1 is 0.983 bits per heavy atom. The van der Waals surface area contributed by atoms with Crippen LogP contribution in [0.25, 0.3) is 32.9 Å². The molecule has 14 heteroatoms. The lowest BCUT2D eigenvalue weighted by Crippen LogP contribution is -2.57. The third-order valence-corrected chi connectivity index (χ3v) is 11.3. The SMILES string of the molecule is C#Cc1cccc2cc(NC(=O)OC(C)(C)C)c(F)c(-c3ncc4c(N5C[C@H]6CC[C@@H](C5)N6C(=O)OC(C)(C)C)nc(OCC56CC(=C)CN5CC(=C)C6)nc4c3F)c12. The number of hydrogen-bond donors (Lipinski definition) is 1. The van der Waals surface area contributed by atoms with Gasteiger partial charge in [-0.1, -0.05) is 42.4 Å². The van der Waals surface area contributed by atoms with Crippen molar-refractivity contribution in [3.05, 3.63) is 72.0 Å². The highest BCUT2D eigenvalue weighted by atomic mass is 19.1. The van der Waals surface area contributed by atoms with Crippen LogP contribution < -0.4 is 15.0 Å². The van der Waals surface area contributed by atoms with E-state index in [9.17, 15) is 9.59 Å². The average molecular weight is 806 g/mol. The number of anilines is 2. The molecule has 0 unspecified atom stereocenters. The van der Waals surface area contributed by atoms with Crippen LogP contribution in [0.1, 0.15) is 72.8 Å². The summed E-state index contributed by atoms with van der Waals surface area (Å²) in [6, 6.07) is 6.00. The van der Waals surface area contributed by atoms with E-state index in [-0.39, 0.29) is 69.6 Å². The molecule has 12 nitrogen and oxygen atoms in total. The zero-order chi connectivity index (χ0) is 42.2. The molecule has 4 saturated heterocycles. The summed E-state index contributed by atoms with van der Waals surface area (Å²) in [5.41, 5.74) is -0.450. The number of ether oxygens (including phenoxy) is 3. The van der Waals surface area contributed by atoms with Gasteiger partial charge in [-0.15, -0.1) is 6.42 Å². The minimum atomic E-state index is -0.959. The van der Waals surface area contributed by atoms with Crippen LogP contribution in [0.2, 0.25) is 0 Å². The number of amides is 2. The maximum Gasteiger partial charge on any atom is 0.412 e. The number of aromatic nitrogens is 3. The first-order valence-electron chi connectivity index (χ1n) is 19.9. The van der Waals surface area contributed by atoms with E-state index in [2.05, 4.69) is 39.3 Å². The number of pyridine rings is 1. The summed E-state index contributed by atoms with van der Waals surface area (Å²) in [5, 5.41) is 3.43. The molecule has 2 amide bonds. The summed E-state index contributed by atoms with van der Waals surface area (Å²) in [6.45, 7) is 21.5. The van der Waals surface area contributed by atoms with Crippen molar-refractivity contribution in [1.29, 1.82) is 0 Å². The molecule has 8 rings (SSSR count). The summed E-state index contributed by atoms with van der Waals surface area (Å²) in [4.78, 5) is 46.5. The molecule has 4 aliphatic rings. The lowest BCUT2D eigenvalue weighted by molar-refractivity contribution is 0.0122. The first kappa shape index (κ1) is 40.0. The van der Waals surface area contributed by atoms with Crippen LogP contribution in [0.5, 0.6) is 6.01 Å². The molecule has 2 aromatic carbocycles. The lowest BCUT2D eigenvalue weighted by Gasteiger charge is -2.42. The molecular formula is C45H49F2N7O5. The van der Waals surface area contributed by atoms with Crippen molar-refractivity contribution < 1.29 is 32.6 Å². The number of carbonyl (C=O) groups excluding carboxylic acids is 2. The molecule has 4 aliphatic heterocycles. The smallest absolute Gasteiger partial charge is 0.412 e. The third-order valence-electron chi connectivity index (χ3n) is 11.3. The molecule has 308 valence electrons. The van der Waals surface area contributed by atoms with Gasteiger partial charge in [-0.3, -0.25) is 20.1 Å².